The minimum atomic E-state index is -0.306. The SMILES string of the molecule is O=C(Nc1cccc(C(=O)NC[C@@H]2CCCO2)c1)C1=CSCCO1. The molecule has 1 fully saturated rings. The summed E-state index contributed by atoms with van der Waals surface area (Å²) in [7, 11) is 0. The smallest absolute Gasteiger partial charge is 0.291 e. The number of hydrogen-bond donors (Lipinski definition) is 2. The van der Waals surface area contributed by atoms with Gasteiger partial charge in [-0.05, 0) is 31.0 Å². The molecule has 2 aliphatic heterocycles. The van der Waals surface area contributed by atoms with E-state index < -0.39 is 0 Å². The summed E-state index contributed by atoms with van der Waals surface area (Å²) in [5, 5.41) is 7.33. The highest BCUT2D eigenvalue weighted by atomic mass is 32.2. The second-order valence-corrected chi connectivity index (χ2v) is 6.56. The van der Waals surface area contributed by atoms with Crippen LogP contribution >= 0.6 is 11.8 Å². The van der Waals surface area contributed by atoms with Crippen molar-refractivity contribution in [3.63, 3.8) is 0 Å². The fourth-order valence-electron chi connectivity index (χ4n) is 2.53. The molecular formula is C17H20N2O4S. The molecule has 0 radical (unpaired) electrons. The summed E-state index contributed by atoms with van der Waals surface area (Å²) in [6, 6.07) is 6.85. The van der Waals surface area contributed by atoms with Crippen molar-refractivity contribution in [2.75, 3.05) is 30.8 Å². The Morgan fingerprint density at radius 3 is 2.92 bits per heavy atom. The van der Waals surface area contributed by atoms with Gasteiger partial charge < -0.3 is 20.1 Å². The van der Waals surface area contributed by atoms with Crippen molar-refractivity contribution in [2.24, 2.45) is 0 Å². The van der Waals surface area contributed by atoms with Gasteiger partial charge in [-0.2, -0.15) is 0 Å². The molecule has 1 aromatic rings. The van der Waals surface area contributed by atoms with Gasteiger partial charge in [-0.1, -0.05) is 6.07 Å². The Morgan fingerprint density at radius 1 is 1.25 bits per heavy atom. The van der Waals surface area contributed by atoms with Crippen LogP contribution in [-0.4, -0.2) is 43.4 Å². The van der Waals surface area contributed by atoms with E-state index in [0.717, 1.165) is 25.2 Å². The first-order chi connectivity index (χ1) is 11.7. The molecule has 2 heterocycles. The second-order valence-electron chi connectivity index (χ2n) is 5.58. The normalized spacial score (nSPS) is 20.0. The van der Waals surface area contributed by atoms with Gasteiger partial charge in [0.05, 0.1) is 12.7 Å². The topological polar surface area (TPSA) is 76.7 Å². The predicted octanol–water partition coefficient (Wildman–Crippen LogP) is 2.14. The molecule has 2 amide bonds. The van der Waals surface area contributed by atoms with Crippen LogP contribution in [-0.2, 0) is 14.3 Å². The van der Waals surface area contributed by atoms with Crippen LogP contribution in [0.1, 0.15) is 23.2 Å². The van der Waals surface area contributed by atoms with E-state index >= 15 is 0 Å². The van der Waals surface area contributed by atoms with Gasteiger partial charge in [0.1, 0.15) is 0 Å². The summed E-state index contributed by atoms with van der Waals surface area (Å²) in [6.45, 7) is 1.79. The minimum Gasteiger partial charge on any atom is -0.487 e. The molecule has 2 aliphatic rings. The fourth-order valence-corrected chi connectivity index (χ4v) is 3.16. The quantitative estimate of drug-likeness (QED) is 0.853. The molecule has 7 heteroatoms. The van der Waals surface area contributed by atoms with Crippen molar-refractivity contribution in [3.05, 3.63) is 41.0 Å². The third-order valence-electron chi connectivity index (χ3n) is 3.77. The highest BCUT2D eigenvalue weighted by Gasteiger charge is 2.18. The molecule has 24 heavy (non-hydrogen) atoms. The number of ether oxygens (including phenoxy) is 2. The summed E-state index contributed by atoms with van der Waals surface area (Å²) in [5.41, 5.74) is 1.06. The van der Waals surface area contributed by atoms with Crippen LogP contribution < -0.4 is 10.6 Å². The molecule has 128 valence electrons. The van der Waals surface area contributed by atoms with E-state index in [1.807, 2.05) is 0 Å². The maximum absolute atomic E-state index is 12.2. The lowest BCUT2D eigenvalue weighted by atomic mass is 10.1. The van der Waals surface area contributed by atoms with Gasteiger partial charge in [0, 0.05) is 35.6 Å². The number of anilines is 1. The van der Waals surface area contributed by atoms with Gasteiger partial charge in [-0.15, -0.1) is 11.8 Å². The van der Waals surface area contributed by atoms with Crippen molar-refractivity contribution >= 4 is 29.3 Å². The third kappa shape index (κ3) is 4.52. The zero-order valence-corrected chi connectivity index (χ0v) is 14.1. The van der Waals surface area contributed by atoms with E-state index in [2.05, 4.69) is 10.6 Å². The highest BCUT2D eigenvalue weighted by Crippen LogP contribution is 2.18. The largest absolute Gasteiger partial charge is 0.487 e. The number of rotatable bonds is 5. The Balaban J connectivity index is 1.57. The lowest BCUT2D eigenvalue weighted by Crippen LogP contribution is -2.31. The predicted molar refractivity (Wildman–Crippen MR) is 92.9 cm³/mol. The summed E-state index contributed by atoms with van der Waals surface area (Å²) in [5.74, 6) is 0.667. The van der Waals surface area contributed by atoms with Crippen molar-refractivity contribution < 1.29 is 19.1 Å². The first kappa shape index (κ1) is 16.9. The van der Waals surface area contributed by atoms with E-state index in [1.165, 1.54) is 0 Å². The number of nitrogens with one attached hydrogen (secondary N) is 2. The van der Waals surface area contributed by atoms with E-state index in [4.69, 9.17) is 9.47 Å². The molecule has 0 spiro atoms. The number of amides is 2. The monoisotopic (exact) mass is 348 g/mol. The molecule has 6 nitrogen and oxygen atoms in total. The molecule has 0 bridgehead atoms. The van der Waals surface area contributed by atoms with Crippen molar-refractivity contribution in [2.45, 2.75) is 18.9 Å². The summed E-state index contributed by atoms with van der Waals surface area (Å²) in [6.07, 6.45) is 2.12. The summed E-state index contributed by atoms with van der Waals surface area (Å²) < 4.78 is 10.8. The van der Waals surface area contributed by atoms with Gasteiger partial charge >= 0.3 is 0 Å². The van der Waals surface area contributed by atoms with E-state index in [0.29, 0.717) is 30.2 Å². The number of carbonyl (C=O) groups is 2. The number of carbonyl (C=O) groups excluding carboxylic acids is 2. The maximum Gasteiger partial charge on any atom is 0.291 e. The van der Waals surface area contributed by atoms with Crippen LogP contribution in [0.15, 0.2) is 35.4 Å². The van der Waals surface area contributed by atoms with Crippen LogP contribution in [0.25, 0.3) is 0 Å². The maximum atomic E-state index is 12.2. The lowest BCUT2D eigenvalue weighted by Gasteiger charge is -2.14. The Hall–Kier alpha value is -1.99. The summed E-state index contributed by atoms with van der Waals surface area (Å²) >= 11 is 1.54. The van der Waals surface area contributed by atoms with Crippen LogP contribution in [0.3, 0.4) is 0 Å². The molecule has 3 rings (SSSR count). The summed E-state index contributed by atoms with van der Waals surface area (Å²) in [4.78, 5) is 24.3. The van der Waals surface area contributed by atoms with Gasteiger partial charge in [0.15, 0.2) is 5.76 Å². The van der Waals surface area contributed by atoms with E-state index in [-0.39, 0.29) is 17.9 Å². The Bertz CT molecular complexity index is 641. The molecule has 0 aromatic heterocycles. The average molecular weight is 348 g/mol. The highest BCUT2D eigenvalue weighted by molar-refractivity contribution is 8.02. The first-order valence-corrected chi connectivity index (χ1v) is 9.03. The van der Waals surface area contributed by atoms with Gasteiger partial charge in [0.2, 0.25) is 0 Å². The standard InChI is InChI=1S/C17H20N2O4S/c20-16(18-10-14-5-2-6-22-14)12-3-1-4-13(9-12)19-17(21)15-11-24-8-7-23-15/h1,3-4,9,11,14H,2,5-8,10H2,(H,18,20)(H,19,21)/t14-/m0/s1. The lowest BCUT2D eigenvalue weighted by molar-refractivity contribution is -0.116. The zero-order chi connectivity index (χ0) is 16.8. The Labute approximate surface area is 145 Å². The van der Waals surface area contributed by atoms with Crippen molar-refractivity contribution in [1.29, 1.82) is 0 Å². The van der Waals surface area contributed by atoms with Crippen LogP contribution in [0.5, 0.6) is 0 Å². The molecule has 1 saturated heterocycles. The minimum absolute atomic E-state index is 0.102. The van der Waals surface area contributed by atoms with Crippen molar-refractivity contribution in [1.82, 2.24) is 5.32 Å². The Kier molecular flexibility index (Phi) is 5.77. The van der Waals surface area contributed by atoms with E-state index in [9.17, 15) is 9.59 Å². The van der Waals surface area contributed by atoms with Gasteiger partial charge in [0.25, 0.3) is 11.8 Å². The molecule has 0 unspecified atom stereocenters. The molecular weight excluding hydrogens is 328 g/mol. The van der Waals surface area contributed by atoms with Gasteiger partial charge in [-0.3, -0.25) is 9.59 Å². The van der Waals surface area contributed by atoms with E-state index in [1.54, 1.807) is 41.4 Å². The van der Waals surface area contributed by atoms with Gasteiger partial charge in [-0.25, -0.2) is 0 Å². The second kappa shape index (κ2) is 8.21. The molecule has 0 aliphatic carbocycles. The fraction of sp³-hybridized carbons (Fsp3) is 0.412. The van der Waals surface area contributed by atoms with Crippen molar-refractivity contribution in [3.8, 4) is 0 Å². The van der Waals surface area contributed by atoms with Crippen LogP contribution in [0.2, 0.25) is 0 Å². The van der Waals surface area contributed by atoms with Crippen LogP contribution in [0, 0.1) is 0 Å². The Morgan fingerprint density at radius 2 is 2.17 bits per heavy atom. The third-order valence-corrected chi connectivity index (χ3v) is 4.55. The average Bonchev–Trinajstić information content (AvgIpc) is 3.14. The number of hydrogen-bond acceptors (Lipinski definition) is 5. The van der Waals surface area contributed by atoms with Crippen LogP contribution in [0.4, 0.5) is 5.69 Å². The number of thioether (sulfide) groups is 1. The zero-order valence-electron chi connectivity index (χ0n) is 13.2. The molecule has 1 atom stereocenters. The number of benzene rings is 1. The molecule has 2 N–H and O–H groups in total. The molecule has 1 aromatic carbocycles. The molecule has 0 saturated carbocycles. The first-order valence-electron chi connectivity index (χ1n) is 7.98.